The van der Waals surface area contributed by atoms with E-state index in [0.717, 1.165) is 0 Å². The van der Waals surface area contributed by atoms with Crippen LogP contribution in [0.25, 0.3) is 5.52 Å². The minimum Gasteiger partial charge on any atom is -0.387 e. The molecule has 0 aromatic carbocycles. The molecule has 0 bridgehead atoms. The van der Waals surface area contributed by atoms with Crippen molar-refractivity contribution in [1.29, 1.82) is 0 Å². The summed E-state index contributed by atoms with van der Waals surface area (Å²) in [5.41, 5.74) is 6.25. The van der Waals surface area contributed by atoms with E-state index in [0.29, 0.717) is 16.9 Å². The Kier molecular flexibility index (Phi) is 2.78. The van der Waals surface area contributed by atoms with Crippen LogP contribution in [0.15, 0.2) is 18.3 Å². The molecule has 0 saturated carbocycles. The average Bonchev–Trinajstić information content (AvgIpc) is 2.65. The molecule has 0 saturated heterocycles. The van der Waals surface area contributed by atoms with Crippen molar-refractivity contribution in [2.24, 2.45) is 5.73 Å². The fourth-order valence-electron chi connectivity index (χ4n) is 1.71. The molecule has 7 nitrogen and oxygen atoms in total. The van der Waals surface area contributed by atoms with Gasteiger partial charge in [0.25, 0.3) is 0 Å². The second-order valence-electron chi connectivity index (χ2n) is 3.71. The second-order valence-corrected chi connectivity index (χ2v) is 3.71. The Morgan fingerprint density at radius 1 is 1.71 bits per heavy atom. The van der Waals surface area contributed by atoms with Crippen molar-refractivity contribution in [3.8, 4) is 0 Å². The van der Waals surface area contributed by atoms with E-state index in [1.54, 1.807) is 23.6 Å². The average molecular weight is 236 g/mol. The topological polar surface area (TPSA) is 107 Å². The van der Waals surface area contributed by atoms with Crippen LogP contribution in [0.5, 0.6) is 0 Å². The van der Waals surface area contributed by atoms with Crippen molar-refractivity contribution in [3.63, 3.8) is 0 Å². The van der Waals surface area contributed by atoms with Crippen molar-refractivity contribution in [2.75, 3.05) is 6.54 Å². The number of fused-ring (bicyclic) bond motifs is 1. The first-order chi connectivity index (χ1) is 8.04. The zero-order valence-electron chi connectivity index (χ0n) is 9.20. The van der Waals surface area contributed by atoms with Crippen molar-refractivity contribution in [2.45, 2.75) is 13.0 Å². The van der Waals surface area contributed by atoms with E-state index < -0.39 is 11.0 Å². The molecule has 0 radical (unpaired) electrons. The molecule has 0 aliphatic heterocycles. The molecule has 2 aromatic heterocycles. The van der Waals surface area contributed by atoms with Crippen molar-refractivity contribution < 1.29 is 10.0 Å². The predicted octanol–water partition coefficient (Wildman–Crippen LogP) is 0.543. The summed E-state index contributed by atoms with van der Waals surface area (Å²) in [5, 5.41) is 20.4. The van der Waals surface area contributed by atoms with Crippen LogP contribution in [0.2, 0.25) is 0 Å². The predicted molar refractivity (Wildman–Crippen MR) is 60.6 cm³/mol. The molecule has 2 rings (SSSR count). The number of pyridine rings is 1. The number of nitrogens with two attached hydrogens (primary N) is 1. The summed E-state index contributed by atoms with van der Waals surface area (Å²) >= 11 is 0. The van der Waals surface area contributed by atoms with Crippen LogP contribution in [0.1, 0.15) is 17.5 Å². The van der Waals surface area contributed by atoms with Gasteiger partial charge in [0.2, 0.25) is 5.82 Å². The summed E-state index contributed by atoms with van der Waals surface area (Å²) in [6.45, 7) is 1.75. The largest absolute Gasteiger partial charge is 0.389 e. The summed E-state index contributed by atoms with van der Waals surface area (Å²) < 4.78 is 1.60. The summed E-state index contributed by atoms with van der Waals surface area (Å²) in [6.07, 6.45) is 0.814. The van der Waals surface area contributed by atoms with E-state index in [1.807, 2.05) is 0 Å². The highest BCUT2D eigenvalue weighted by Gasteiger charge is 2.20. The van der Waals surface area contributed by atoms with Gasteiger partial charge in [-0.1, -0.05) is 0 Å². The lowest BCUT2D eigenvalue weighted by atomic mass is 10.1. The molecule has 3 N–H and O–H groups in total. The van der Waals surface area contributed by atoms with Crippen LogP contribution in [0.4, 0.5) is 5.82 Å². The Labute approximate surface area is 96.7 Å². The maximum absolute atomic E-state index is 10.8. The number of aromatic nitrogens is 2. The van der Waals surface area contributed by atoms with Crippen molar-refractivity contribution in [1.82, 2.24) is 9.38 Å². The number of aryl methyl sites for hydroxylation is 1. The van der Waals surface area contributed by atoms with Gasteiger partial charge in [-0.2, -0.15) is 0 Å². The van der Waals surface area contributed by atoms with Crippen LogP contribution in [-0.4, -0.2) is 26.0 Å². The number of hydrogen-bond donors (Lipinski definition) is 2. The van der Waals surface area contributed by atoms with Crippen LogP contribution >= 0.6 is 0 Å². The Morgan fingerprint density at radius 3 is 3.00 bits per heavy atom. The molecule has 0 fully saturated rings. The monoisotopic (exact) mass is 236 g/mol. The summed E-state index contributed by atoms with van der Waals surface area (Å²) in [7, 11) is 0. The smallest absolute Gasteiger partial charge is 0.387 e. The Balaban J connectivity index is 2.66. The van der Waals surface area contributed by atoms with E-state index in [4.69, 9.17) is 5.73 Å². The number of nitro groups is 1. The van der Waals surface area contributed by atoms with Gasteiger partial charge in [0.15, 0.2) is 0 Å². The molecule has 1 atom stereocenters. The van der Waals surface area contributed by atoms with Gasteiger partial charge in [0, 0.05) is 19.7 Å². The van der Waals surface area contributed by atoms with E-state index in [2.05, 4.69) is 4.98 Å². The first kappa shape index (κ1) is 11.5. The van der Waals surface area contributed by atoms with E-state index >= 15 is 0 Å². The van der Waals surface area contributed by atoms with Crippen LogP contribution < -0.4 is 5.73 Å². The van der Waals surface area contributed by atoms with E-state index in [9.17, 15) is 15.2 Å². The lowest BCUT2D eigenvalue weighted by Gasteiger charge is -2.07. The third kappa shape index (κ3) is 1.85. The first-order valence-electron chi connectivity index (χ1n) is 5.05. The minimum atomic E-state index is -0.824. The molecular formula is C10H12N4O3. The summed E-state index contributed by atoms with van der Waals surface area (Å²) in [6, 6.07) is 3.21. The van der Waals surface area contributed by atoms with Crippen molar-refractivity contribution >= 4 is 11.3 Å². The number of nitrogens with zero attached hydrogens (tertiary/aromatic N) is 3. The maximum atomic E-state index is 10.8. The summed E-state index contributed by atoms with van der Waals surface area (Å²) in [5.74, 6) is 0.314. The van der Waals surface area contributed by atoms with Gasteiger partial charge in [-0.15, -0.1) is 0 Å². The number of aliphatic hydroxyl groups is 1. The van der Waals surface area contributed by atoms with Gasteiger partial charge in [-0.25, -0.2) is 0 Å². The Bertz CT molecular complexity index is 578. The van der Waals surface area contributed by atoms with Gasteiger partial charge in [0.1, 0.15) is 5.52 Å². The van der Waals surface area contributed by atoms with Crippen molar-refractivity contribution in [3.05, 3.63) is 39.8 Å². The highest BCUT2D eigenvalue weighted by molar-refractivity contribution is 5.63. The Hall–Kier alpha value is -1.99. The Morgan fingerprint density at radius 2 is 2.41 bits per heavy atom. The normalized spacial score (nSPS) is 12.9. The van der Waals surface area contributed by atoms with Crippen LogP contribution in [-0.2, 0) is 0 Å². The zero-order valence-corrected chi connectivity index (χ0v) is 9.20. The quantitative estimate of drug-likeness (QED) is 0.597. The zero-order chi connectivity index (χ0) is 12.6. The fraction of sp³-hybridized carbons (Fsp3) is 0.300. The molecule has 17 heavy (non-hydrogen) atoms. The first-order valence-corrected chi connectivity index (χ1v) is 5.05. The molecule has 1 unspecified atom stereocenters. The molecule has 2 heterocycles. The number of hydrogen-bond acceptors (Lipinski definition) is 5. The minimum absolute atomic E-state index is 0.0666. The standard InChI is InChI=1S/C10H12N4O3/c1-6-12-10(14(16)17)8-4-7(9(15)5-11)2-3-13(6)8/h2-4,9,15H,5,11H2,1H3. The van der Waals surface area contributed by atoms with Gasteiger partial charge in [-0.05, 0) is 27.6 Å². The molecule has 0 aliphatic rings. The van der Waals surface area contributed by atoms with Gasteiger partial charge in [0.05, 0.1) is 6.10 Å². The third-order valence-corrected chi connectivity index (χ3v) is 2.61. The van der Waals surface area contributed by atoms with Gasteiger partial charge < -0.3 is 21.0 Å². The SMILES string of the molecule is Cc1nc([N+](=O)[O-])c2cc(C(O)CN)ccn12. The number of aliphatic hydroxyl groups excluding tert-OH is 1. The molecule has 0 spiro atoms. The molecule has 7 heteroatoms. The highest BCUT2D eigenvalue weighted by Crippen LogP contribution is 2.23. The molecule has 0 aliphatic carbocycles. The summed E-state index contributed by atoms with van der Waals surface area (Å²) in [4.78, 5) is 14.1. The fourth-order valence-corrected chi connectivity index (χ4v) is 1.71. The molecule has 2 aromatic rings. The lowest BCUT2D eigenvalue weighted by molar-refractivity contribution is -0.387. The third-order valence-electron chi connectivity index (χ3n) is 2.61. The molecule has 90 valence electrons. The number of imidazole rings is 1. The lowest BCUT2D eigenvalue weighted by Crippen LogP contribution is -2.11. The van der Waals surface area contributed by atoms with Gasteiger partial charge >= 0.3 is 5.82 Å². The van der Waals surface area contributed by atoms with E-state index in [-0.39, 0.29) is 12.4 Å². The maximum Gasteiger partial charge on any atom is 0.389 e. The van der Waals surface area contributed by atoms with Gasteiger partial charge in [-0.3, -0.25) is 4.40 Å². The molecule has 0 amide bonds. The highest BCUT2D eigenvalue weighted by atomic mass is 16.6. The van der Waals surface area contributed by atoms with Crippen LogP contribution in [0.3, 0.4) is 0 Å². The number of rotatable bonds is 3. The molecular weight excluding hydrogens is 224 g/mol. The van der Waals surface area contributed by atoms with Crippen LogP contribution in [0, 0.1) is 17.0 Å². The van der Waals surface area contributed by atoms with E-state index in [1.165, 1.54) is 6.07 Å². The second kappa shape index (κ2) is 4.11.